The third-order valence-electron chi connectivity index (χ3n) is 3.33. The van der Waals surface area contributed by atoms with E-state index in [9.17, 15) is 24.0 Å². The summed E-state index contributed by atoms with van der Waals surface area (Å²) in [6.07, 6.45) is -0.391. The minimum Gasteiger partial charge on any atom is -0.480 e. The summed E-state index contributed by atoms with van der Waals surface area (Å²) in [4.78, 5) is 57.4. The van der Waals surface area contributed by atoms with Crippen molar-refractivity contribution >= 4 is 42.2 Å². The number of carbonyl (C=O) groups excluding carboxylic acids is 4. The lowest BCUT2D eigenvalue weighted by Gasteiger charge is -2.21. The van der Waals surface area contributed by atoms with Gasteiger partial charge in [0.2, 0.25) is 23.6 Å². The maximum atomic E-state index is 12.0. The van der Waals surface area contributed by atoms with E-state index >= 15 is 0 Å². The molecule has 8 N–H and O–H groups in total. The summed E-state index contributed by atoms with van der Waals surface area (Å²) in [5.74, 6) is -3.93. The normalized spacial score (nSPS) is 15.1. The molecule has 4 amide bonds. The minimum absolute atomic E-state index is 0.0981. The molecule has 0 aromatic carbocycles. The van der Waals surface area contributed by atoms with E-state index in [4.69, 9.17) is 16.6 Å². The van der Waals surface area contributed by atoms with Gasteiger partial charge in [0.1, 0.15) is 18.1 Å². The highest BCUT2D eigenvalue weighted by molar-refractivity contribution is 7.80. The quantitative estimate of drug-likeness (QED) is 0.183. The second-order valence-corrected chi connectivity index (χ2v) is 6.02. The lowest BCUT2D eigenvalue weighted by atomic mass is 10.1. The topological polar surface area (TPSA) is 194 Å². The molecule has 12 heteroatoms. The second-order valence-electron chi connectivity index (χ2n) is 5.65. The molecule has 148 valence electrons. The van der Waals surface area contributed by atoms with Gasteiger partial charge in [0.05, 0.1) is 6.04 Å². The van der Waals surface area contributed by atoms with Crippen molar-refractivity contribution in [1.82, 2.24) is 16.0 Å². The first kappa shape index (κ1) is 23.7. The van der Waals surface area contributed by atoms with Crippen LogP contribution < -0.4 is 27.4 Å². The number of carboxylic acids is 1. The summed E-state index contributed by atoms with van der Waals surface area (Å²) >= 11 is 3.87. The maximum absolute atomic E-state index is 12.0. The average molecular weight is 391 g/mol. The number of carboxylic acid groups (broad SMARTS) is 1. The molecule has 4 unspecified atom stereocenters. The van der Waals surface area contributed by atoms with Gasteiger partial charge in [-0.1, -0.05) is 0 Å². The first-order chi connectivity index (χ1) is 12.0. The van der Waals surface area contributed by atoms with E-state index in [2.05, 4.69) is 28.6 Å². The monoisotopic (exact) mass is 391 g/mol. The van der Waals surface area contributed by atoms with E-state index in [1.807, 2.05) is 0 Å². The van der Waals surface area contributed by atoms with Gasteiger partial charge in [-0.25, -0.2) is 4.79 Å². The van der Waals surface area contributed by atoms with Crippen molar-refractivity contribution in [2.45, 2.75) is 50.9 Å². The molecule has 0 saturated carbocycles. The van der Waals surface area contributed by atoms with Crippen LogP contribution >= 0.6 is 12.6 Å². The number of nitrogens with one attached hydrogen (secondary N) is 3. The Morgan fingerprint density at radius 2 is 1.42 bits per heavy atom. The molecule has 0 fully saturated rings. The Kier molecular flexibility index (Phi) is 10.3. The Morgan fingerprint density at radius 1 is 0.962 bits per heavy atom. The third kappa shape index (κ3) is 8.67. The Labute approximate surface area is 156 Å². The van der Waals surface area contributed by atoms with Crippen LogP contribution in [0.25, 0.3) is 0 Å². The predicted molar refractivity (Wildman–Crippen MR) is 95.0 cm³/mol. The number of thiol groups is 1. The van der Waals surface area contributed by atoms with Crippen LogP contribution in [0.5, 0.6) is 0 Å². The maximum Gasteiger partial charge on any atom is 0.326 e. The van der Waals surface area contributed by atoms with Crippen molar-refractivity contribution in [3.05, 3.63) is 0 Å². The van der Waals surface area contributed by atoms with Crippen LogP contribution in [-0.4, -0.2) is 64.6 Å². The molecule has 0 heterocycles. The molecule has 0 aliphatic heterocycles. The second kappa shape index (κ2) is 11.3. The van der Waals surface area contributed by atoms with Gasteiger partial charge in [-0.2, -0.15) is 12.6 Å². The summed E-state index contributed by atoms with van der Waals surface area (Å²) in [5.41, 5.74) is 10.4. The number of aliphatic carboxylic acids is 1. The van der Waals surface area contributed by atoms with Crippen LogP contribution in [0.3, 0.4) is 0 Å². The van der Waals surface area contributed by atoms with Gasteiger partial charge in [0.25, 0.3) is 0 Å². The van der Waals surface area contributed by atoms with Crippen molar-refractivity contribution in [2.24, 2.45) is 11.5 Å². The number of nitrogens with two attached hydrogens (primary N) is 2. The molecule has 26 heavy (non-hydrogen) atoms. The summed E-state index contributed by atoms with van der Waals surface area (Å²) in [7, 11) is 0. The Hall–Kier alpha value is -2.34. The molecule has 0 spiro atoms. The van der Waals surface area contributed by atoms with Crippen LogP contribution in [0.4, 0.5) is 0 Å². The number of primary amides is 1. The minimum atomic E-state index is -1.33. The standard InChI is InChI=1S/C14H25N5O6S/c1-6(18-13(23)8(15)5-26)11(21)17-7(2)12(22)19-9(14(24)25)3-4-10(16)20/h6-9,26H,3-5,15H2,1-2H3,(H2,16,20)(H,17,21)(H,18,23)(H,19,22)(H,24,25). The first-order valence-electron chi connectivity index (χ1n) is 7.78. The molecule has 0 radical (unpaired) electrons. The number of carbonyl (C=O) groups is 5. The molecule has 0 saturated heterocycles. The molecule has 4 atom stereocenters. The van der Waals surface area contributed by atoms with Crippen molar-refractivity contribution in [3.63, 3.8) is 0 Å². The van der Waals surface area contributed by atoms with Crippen molar-refractivity contribution in [1.29, 1.82) is 0 Å². The molecule has 0 aromatic heterocycles. The lowest BCUT2D eigenvalue weighted by molar-refractivity contribution is -0.142. The summed E-state index contributed by atoms with van der Waals surface area (Å²) in [6, 6.07) is -4.24. The fourth-order valence-electron chi connectivity index (χ4n) is 1.71. The number of hydrogen-bond donors (Lipinski definition) is 7. The van der Waals surface area contributed by atoms with Gasteiger partial charge < -0.3 is 32.5 Å². The highest BCUT2D eigenvalue weighted by atomic mass is 32.1. The highest BCUT2D eigenvalue weighted by Crippen LogP contribution is 1.99. The van der Waals surface area contributed by atoms with E-state index in [1.54, 1.807) is 0 Å². The van der Waals surface area contributed by atoms with E-state index in [1.165, 1.54) is 13.8 Å². The van der Waals surface area contributed by atoms with Gasteiger partial charge in [0.15, 0.2) is 0 Å². The van der Waals surface area contributed by atoms with Crippen molar-refractivity contribution in [2.75, 3.05) is 5.75 Å². The van der Waals surface area contributed by atoms with Gasteiger partial charge in [-0.3, -0.25) is 19.2 Å². The zero-order valence-electron chi connectivity index (χ0n) is 14.5. The van der Waals surface area contributed by atoms with Crippen molar-refractivity contribution < 1.29 is 29.1 Å². The van der Waals surface area contributed by atoms with Crippen LogP contribution in [0.1, 0.15) is 26.7 Å². The molecule has 0 aliphatic rings. The third-order valence-corrected chi connectivity index (χ3v) is 3.72. The zero-order chi connectivity index (χ0) is 20.4. The average Bonchev–Trinajstić information content (AvgIpc) is 2.56. The summed E-state index contributed by atoms with van der Waals surface area (Å²) < 4.78 is 0. The predicted octanol–water partition coefficient (Wildman–Crippen LogP) is -2.91. The molecule has 11 nitrogen and oxygen atoms in total. The molecular formula is C14H25N5O6S. The molecule has 0 aromatic rings. The smallest absolute Gasteiger partial charge is 0.326 e. The number of amides is 4. The fourth-order valence-corrected chi connectivity index (χ4v) is 1.88. The van der Waals surface area contributed by atoms with E-state index in [0.717, 1.165) is 0 Å². The largest absolute Gasteiger partial charge is 0.480 e. The molecule has 0 rings (SSSR count). The summed E-state index contributed by atoms with van der Waals surface area (Å²) in [5, 5.41) is 16.0. The Balaban J connectivity index is 4.62. The van der Waals surface area contributed by atoms with Gasteiger partial charge >= 0.3 is 5.97 Å². The highest BCUT2D eigenvalue weighted by Gasteiger charge is 2.26. The Morgan fingerprint density at radius 3 is 1.85 bits per heavy atom. The van der Waals surface area contributed by atoms with Gasteiger partial charge in [-0.15, -0.1) is 0 Å². The summed E-state index contributed by atoms with van der Waals surface area (Å²) in [6.45, 7) is 2.74. The lowest BCUT2D eigenvalue weighted by Crippen LogP contribution is -2.55. The first-order valence-corrected chi connectivity index (χ1v) is 8.41. The van der Waals surface area contributed by atoms with Crippen LogP contribution in [0.15, 0.2) is 0 Å². The molecular weight excluding hydrogens is 366 g/mol. The van der Waals surface area contributed by atoms with Crippen molar-refractivity contribution in [3.8, 4) is 0 Å². The number of rotatable bonds is 11. The van der Waals surface area contributed by atoms with E-state index in [-0.39, 0.29) is 18.6 Å². The number of hydrogen-bond acceptors (Lipinski definition) is 7. The van der Waals surface area contributed by atoms with Gasteiger partial charge in [-0.05, 0) is 20.3 Å². The zero-order valence-corrected chi connectivity index (χ0v) is 15.4. The van der Waals surface area contributed by atoms with Crippen LogP contribution in [-0.2, 0) is 24.0 Å². The molecule has 0 aliphatic carbocycles. The van der Waals surface area contributed by atoms with Gasteiger partial charge in [0, 0.05) is 12.2 Å². The van der Waals surface area contributed by atoms with E-state index < -0.39 is 53.8 Å². The fraction of sp³-hybridized carbons (Fsp3) is 0.643. The molecule has 0 bridgehead atoms. The van der Waals surface area contributed by atoms with Crippen LogP contribution in [0, 0.1) is 0 Å². The van der Waals surface area contributed by atoms with Crippen LogP contribution in [0.2, 0.25) is 0 Å². The van der Waals surface area contributed by atoms with E-state index in [0.29, 0.717) is 0 Å². The Bertz CT molecular complexity index is 558. The SMILES string of the molecule is CC(NC(=O)C(N)CS)C(=O)NC(C)C(=O)NC(CCC(N)=O)C(=O)O.